The Labute approximate surface area is 97.0 Å². The van der Waals surface area contributed by atoms with Crippen molar-refractivity contribution in [1.29, 1.82) is 0 Å². The maximum absolute atomic E-state index is 10.7. The fraction of sp³-hybridized carbons (Fsp3) is 0.300. The van der Waals surface area contributed by atoms with Crippen LogP contribution in [0.3, 0.4) is 0 Å². The Hall–Kier alpha value is -2.15. The lowest BCUT2D eigenvalue weighted by Crippen LogP contribution is -2.03. The Morgan fingerprint density at radius 1 is 1.35 bits per heavy atom. The van der Waals surface area contributed by atoms with Crippen molar-refractivity contribution in [3.05, 3.63) is 27.8 Å². The van der Waals surface area contributed by atoms with Crippen LogP contribution in [-0.4, -0.2) is 32.2 Å². The van der Waals surface area contributed by atoms with E-state index in [0.29, 0.717) is 6.29 Å². The number of hydrogen-bond donors (Lipinski definition) is 0. The summed E-state index contributed by atoms with van der Waals surface area (Å²) in [6.45, 7) is -0.0754. The largest absolute Gasteiger partial charge is 0.493 e. The Bertz CT molecular complexity index is 431. The van der Waals surface area contributed by atoms with Crippen molar-refractivity contribution in [1.82, 2.24) is 0 Å². The van der Waals surface area contributed by atoms with Crippen LogP contribution >= 0.6 is 0 Å². The van der Waals surface area contributed by atoms with Crippen molar-refractivity contribution >= 4 is 12.0 Å². The van der Waals surface area contributed by atoms with Gasteiger partial charge in [-0.15, -0.1) is 0 Å². The SMILES string of the molecule is COCOc1cc([N+](=O)[O-])c(C=O)cc1OC. The summed E-state index contributed by atoms with van der Waals surface area (Å²) in [6, 6.07) is 2.37. The normalized spacial score (nSPS) is 9.76. The number of ether oxygens (including phenoxy) is 3. The van der Waals surface area contributed by atoms with Gasteiger partial charge in [0.1, 0.15) is 0 Å². The Morgan fingerprint density at radius 3 is 2.53 bits per heavy atom. The lowest BCUT2D eigenvalue weighted by atomic mass is 10.1. The first-order chi connectivity index (χ1) is 8.13. The molecule has 92 valence electrons. The van der Waals surface area contributed by atoms with Crippen molar-refractivity contribution in [3.8, 4) is 11.5 Å². The van der Waals surface area contributed by atoms with Crippen molar-refractivity contribution in [2.75, 3.05) is 21.0 Å². The van der Waals surface area contributed by atoms with E-state index in [1.165, 1.54) is 20.3 Å². The average Bonchev–Trinajstić information content (AvgIpc) is 2.34. The van der Waals surface area contributed by atoms with Crippen molar-refractivity contribution in [2.24, 2.45) is 0 Å². The summed E-state index contributed by atoms with van der Waals surface area (Å²) >= 11 is 0. The third-order valence-electron chi connectivity index (χ3n) is 1.97. The molecular formula is C10H11NO6. The van der Waals surface area contributed by atoms with Gasteiger partial charge in [-0.25, -0.2) is 0 Å². The predicted octanol–water partition coefficient (Wildman–Crippen LogP) is 1.40. The number of nitro benzene ring substituents is 1. The summed E-state index contributed by atoms with van der Waals surface area (Å²) in [7, 11) is 2.79. The Balaban J connectivity index is 3.23. The summed E-state index contributed by atoms with van der Waals surface area (Å²) < 4.78 is 14.7. The van der Waals surface area contributed by atoms with Crippen LogP contribution in [0.25, 0.3) is 0 Å². The highest BCUT2D eigenvalue weighted by Gasteiger charge is 2.19. The van der Waals surface area contributed by atoms with Gasteiger partial charge in [0.15, 0.2) is 24.6 Å². The second kappa shape index (κ2) is 5.80. The highest BCUT2D eigenvalue weighted by atomic mass is 16.7. The number of carbonyl (C=O) groups excluding carboxylic acids is 1. The number of nitro groups is 1. The van der Waals surface area contributed by atoms with E-state index in [4.69, 9.17) is 9.47 Å². The average molecular weight is 241 g/mol. The molecule has 0 N–H and O–H groups in total. The van der Waals surface area contributed by atoms with Gasteiger partial charge in [0.25, 0.3) is 5.69 Å². The van der Waals surface area contributed by atoms with E-state index in [1.807, 2.05) is 0 Å². The number of benzene rings is 1. The summed E-state index contributed by atoms with van der Waals surface area (Å²) in [5.74, 6) is 0.376. The smallest absolute Gasteiger partial charge is 0.283 e. The van der Waals surface area contributed by atoms with Gasteiger partial charge >= 0.3 is 0 Å². The molecule has 0 radical (unpaired) electrons. The summed E-state index contributed by atoms with van der Waals surface area (Å²) in [4.78, 5) is 20.8. The second-order valence-electron chi connectivity index (χ2n) is 2.99. The molecule has 0 aromatic heterocycles. The number of hydrogen-bond acceptors (Lipinski definition) is 6. The fourth-order valence-electron chi connectivity index (χ4n) is 1.21. The van der Waals surface area contributed by atoms with Crippen molar-refractivity contribution in [2.45, 2.75) is 0 Å². The lowest BCUT2D eigenvalue weighted by Gasteiger charge is -2.10. The Morgan fingerprint density at radius 2 is 2.06 bits per heavy atom. The third-order valence-corrected chi connectivity index (χ3v) is 1.97. The zero-order valence-electron chi connectivity index (χ0n) is 9.34. The molecule has 0 saturated carbocycles. The van der Waals surface area contributed by atoms with Gasteiger partial charge in [0.05, 0.1) is 23.7 Å². The van der Waals surface area contributed by atoms with Gasteiger partial charge in [-0.1, -0.05) is 0 Å². The van der Waals surface area contributed by atoms with Gasteiger partial charge in [0.2, 0.25) is 0 Å². The lowest BCUT2D eigenvalue weighted by molar-refractivity contribution is -0.385. The Kier molecular flexibility index (Phi) is 4.41. The molecule has 0 aliphatic heterocycles. The molecule has 0 atom stereocenters. The molecule has 17 heavy (non-hydrogen) atoms. The first-order valence-corrected chi connectivity index (χ1v) is 4.57. The molecule has 7 heteroatoms. The molecule has 0 heterocycles. The number of carbonyl (C=O) groups is 1. The van der Waals surface area contributed by atoms with Crippen LogP contribution in [0.15, 0.2) is 12.1 Å². The summed E-state index contributed by atoms with van der Waals surface area (Å²) in [5, 5.41) is 10.7. The first kappa shape index (κ1) is 12.9. The standard InChI is InChI=1S/C10H11NO6/c1-15-6-17-10-4-8(11(13)14)7(5-12)3-9(10)16-2/h3-5H,6H2,1-2H3. The van der Waals surface area contributed by atoms with Crippen LogP contribution in [0, 0.1) is 10.1 Å². The van der Waals surface area contributed by atoms with Crippen LogP contribution in [0.1, 0.15) is 10.4 Å². The number of nitrogens with zero attached hydrogens (tertiary/aromatic N) is 1. The highest BCUT2D eigenvalue weighted by molar-refractivity contribution is 5.83. The highest BCUT2D eigenvalue weighted by Crippen LogP contribution is 2.33. The minimum Gasteiger partial charge on any atom is -0.493 e. The number of aldehydes is 1. The number of rotatable bonds is 6. The van der Waals surface area contributed by atoms with Gasteiger partial charge in [0, 0.05) is 13.2 Å². The van der Waals surface area contributed by atoms with Crippen LogP contribution < -0.4 is 9.47 Å². The molecular weight excluding hydrogens is 230 g/mol. The van der Waals surface area contributed by atoms with E-state index in [2.05, 4.69) is 4.74 Å². The molecule has 0 bridgehead atoms. The quantitative estimate of drug-likeness (QED) is 0.323. The van der Waals surface area contributed by atoms with Crippen LogP contribution in [0.5, 0.6) is 11.5 Å². The predicted molar refractivity (Wildman–Crippen MR) is 57.5 cm³/mol. The van der Waals surface area contributed by atoms with E-state index in [9.17, 15) is 14.9 Å². The van der Waals surface area contributed by atoms with Gasteiger partial charge in [-0.2, -0.15) is 0 Å². The van der Waals surface area contributed by atoms with Crippen LogP contribution in [-0.2, 0) is 4.74 Å². The maximum atomic E-state index is 10.7. The van der Waals surface area contributed by atoms with Crippen LogP contribution in [0.4, 0.5) is 5.69 Å². The van der Waals surface area contributed by atoms with Crippen molar-refractivity contribution < 1.29 is 23.9 Å². The molecule has 0 saturated heterocycles. The molecule has 0 aliphatic rings. The van der Waals surface area contributed by atoms with E-state index >= 15 is 0 Å². The summed E-state index contributed by atoms with van der Waals surface area (Å²) in [6.07, 6.45) is 0.390. The molecule has 7 nitrogen and oxygen atoms in total. The third kappa shape index (κ3) is 2.91. The molecule has 1 rings (SSSR count). The van der Waals surface area contributed by atoms with Crippen molar-refractivity contribution in [3.63, 3.8) is 0 Å². The zero-order valence-corrected chi connectivity index (χ0v) is 9.34. The maximum Gasteiger partial charge on any atom is 0.283 e. The molecule has 0 unspecified atom stereocenters. The fourth-order valence-corrected chi connectivity index (χ4v) is 1.21. The van der Waals surface area contributed by atoms with Gasteiger partial charge in [-0.3, -0.25) is 14.9 Å². The molecule has 0 amide bonds. The minimum absolute atomic E-state index is 0.0726. The van der Waals surface area contributed by atoms with E-state index in [-0.39, 0.29) is 29.5 Å². The molecule has 1 aromatic carbocycles. The summed E-state index contributed by atoms with van der Waals surface area (Å²) in [5.41, 5.74) is -0.413. The first-order valence-electron chi connectivity index (χ1n) is 4.57. The van der Waals surface area contributed by atoms with E-state index in [0.717, 1.165) is 6.07 Å². The van der Waals surface area contributed by atoms with E-state index in [1.54, 1.807) is 0 Å². The molecule has 0 fully saturated rings. The molecule has 1 aromatic rings. The van der Waals surface area contributed by atoms with E-state index < -0.39 is 4.92 Å². The number of methoxy groups -OCH3 is 2. The monoisotopic (exact) mass is 241 g/mol. The van der Waals surface area contributed by atoms with Gasteiger partial charge in [-0.05, 0) is 0 Å². The minimum atomic E-state index is -0.664. The molecule has 0 aliphatic carbocycles. The van der Waals surface area contributed by atoms with Gasteiger partial charge < -0.3 is 14.2 Å². The topological polar surface area (TPSA) is 87.9 Å². The zero-order chi connectivity index (χ0) is 12.8. The molecule has 0 spiro atoms. The second-order valence-corrected chi connectivity index (χ2v) is 2.99. The van der Waals surface area contributed by atoms with Crippen LogP contribution in [0.2, 0.25) is 0 Å².